The molecule has 1 aliphatic rings. The van der Waals surface area contributed by atoms with Crippen LogP contribution in [0.4, 0.5) is 5.82 Å². The van der Waals surface area contributed by atoms with Gasteiger partial charge in [-0.15, -0.1) is 0 Å². The Morgan fingerprint density at radius 2 is 1.79 bits per heavy atom. The van der Waals surface area contributed by atoms with Crippen LogP contribution < -0.4 is 19.7 Å². The van der Waals surface area contributed by atoms with Gasteiger partial charge in [0.25, 0.3) is 0 Å². The summed E-state index contributed by atoms with van der Waals surface area (Å²) in [6, 6.07) is 16.0. The molecule has 28 heavy (non-hydrogen) atoms. The maximum absolute atomic E-state index is 5.45. The number of rotatable bonds is 3. The fraction of sp³-hybridized carbons (Fsp3) is 0.261. The van der Waals surface area contributed by atoms with Crippen LogP contribution in [0.15, 0.2) is 48.5 Å². The fourth-order valence-electron chi connectivity index (χ4n) is 3.40. The molecule has 0 spiro atoms. The van der Waals surface area contributed by atoms with Crippen LogP contribution in [0.1, 0.15) is 11.3 Å². The number of nitrogens with zero attached hydrogens (tertiary/aromatic N) is 2. The lowest BCUT2D eigenvalue weighted by atomic mass is 10.1. The lowest BCUT2D eigenvalue weighted by Crippen LogP contribution is -2.44. The molecular formula is C23H23N3O2. The molecule has 1 N–H and O–H groups in total. The summed E-state index contributed by atoms with van der Waals surface area (Å²) in [6.45, 7) is 3.82. The zero-order valence-corrected chi connectivity index (χ0v) is 16.2. The van der Waals surface area contributed by atoms with Crippen LogP contribution in [0.3, 0.4) is 0 Å². The third-order valence-electron chi connectivity index (χ3n) is 4.87. The predicted octanol–water partition coefficient (Wildman–Crippen LogP) is 3.06. The average Bonchev–Trinajstić information content (AvgIpc) is 2.77. The van der Waals surface area contributed by atoms with Crippen LogP contribution in [0.5, 0.6) is 11.5 Å². The molecule has 0 radical (unpaired) electrons. The molecule has 0 atom stereocenters. The molecule has 1 aromatic heterocycles. The Balaban J connectivity index is 1.75. The summed E-state index contributed by atoms with van der Waals surface area (Å²) in [5, 5.41) is 5.71. The maximum atomic E-state index is 5.45. The first-order chi connectivity index (χ1) is 13.8. The van der Waals surface area contributed by atoms with E-state index < -0.39 is 0 Å². The number of benzene rings is 2. The quantitative estimate of drug-likeness (QED) is 0.715. The average molecular weight is 373 g/mol. The van der Waals surface area contributed by atoms with Gasteiger partial charge in [-0.05, 0) is 29.5 Å². The van der Waals surface area contributed by atoms with Gasteiger partial charge in [-0.25, -0.2) is 4.98 Å². The predicted molar refractivity (Wildman–Crippen MR) is 112 cm³/mol. The van der Waals surface area contributed by atoms with E-state index in [-0.39, 0.29) is 0 Å². The van der Waals surface area contributed by atoms with Gasteiger partial charge >= 0.3 is 0 Å². The summed E-state index contributed by atoms with van der Waals surface area (Å²) in [5.41, 5.74) is 1.56. The largest absolute Gasteiger partial charge is 0.497 e. The number of nitrogens with one attached hydrogen (secondary N) is 1. The van der Waals surface area contributed by atoms with E-state index in [4.69, 9.17) is 14.5 Å². The molecule has 0 unspecified atom stereocenters. The highest BCUT2D eigenvalue weighted by atomic mass is 16.5. The van der Waals surface area contributed by atoms with Crippen molar-refractivity contribution in [1.29, 1.82) is 0 Å². The van der Waals surface area contributed by atoms with E-state index in [0.717, 1.165) is 59.8 Å². The molecule has 142 valence electrons. The van der Waals surface area contributed by atoms with Crippen molar-refractivity contribution in [3.8, 4) is 23.3 Å². The van der Waals surface area contributed by atoms with Gasteiger partial charge in [0.1, 0.15) is 23.0 Å². The van der Waals surface area contributed by atoms with Crippen molar-refractivity contribution in [2.24, 2.45) is 0 Å². The number of anilines is 1. The van der Waals surface area contributed by atoms with Crippen LogP contribution in [-0.2, 0) is 0 Å². The zero-order valence-electron chi connectivity index (χ0n) is 16.2. The monoisotopic (exact) mass is 373 g/mol. The molecule has 2 aromatic carbocycles. The van der Waals surface area contributed by atoms with Gasteiger partial charge in [0.2, 0.25) is 0 Å². The highest BCUT2D eigenvalue weighted by Gasteiger charge is 2.15. The second kappa shape index (κ2) is 8.20. The zero-order chi connectivity index (χ0) is 19.3. The second-order valence-electron chi connectivity index (χ2n) is 6.61. The minimum Gasteiger partial charge on any atom is -0.497 e. The van der Waals surface area contributed by atoms with Crippen molar-refractivity contribution in [2.45, 2.75) is 0 Å². The highest BCUT2D eigenvalue weighted by Crippen LogP contribution is 2.27. The molecule has 1 fully saturated rings. The first-order valence-electron chi connectivity index (χ1n) is 9.38. The standard InChI is InChI=1S/C23H23N3O2/c1-27-20-10-8-17(22(16-20)28-2)7-9-19-15-18-5-3-4-6-21(18)23(25-19)26-13-11-24-12-14-26/h3-6,8,10,15-16,24H,11-14H2,1-2H3. The van der Waals surface area contributed by atoms with E-state index in [2.05, 4.69) is 40.3 Å². The Bertz CT molecular complexity index is 1050. The Morgan fingerprint density at radius 1 is 0.964 bits per heavy atom. The SMILES string of the molecule is COc1ccc(C#Cc2cc3ccccc3c(N3CCNCC3)n2)c(OC)c1. The molecule has 0 bridgehead atoms. The molecule has 5 nitrogen and oxygen atoms in total. The first kappa shape index (κ1) is 18.1. The highest BCUT2D eigenvalue weighted by molar-refractivity contribution is 5.93. The van der Waals surface area contributed by atoms with Gasteiger partial charge in [-0.3, -0.25) is 0 Å². The van der Waals surface area contributed by atoms with Crippen molar-refractivity contribution in [1.82, 2.24) is 10.3 Å². The first-order valence-corrected chi connectivity index (χ1v) is 9.38. The van der Waals surface area contributed by atoms with Crippen molar-refractivity contribution in [3.05, 3.63) is 59.8 Å². The molecule has 0 amide bonds. The number of methoxy groups -OCH3 is 2. The number of hydrogen-bond donors (Lipinski definition) is 1. The molecule has 5 heteroatoms. The Morgan fingerprint density at radius 3 is 2.57 bits per heavy atom. The lowest BCUT2D eigenvalue weighted by Gasteiger charge is -2.29. The van der Waals surface area contributed by atoms with E-state index in [1.165, 1.54) is 0 Å². The molecular weight excluding hydrogens is 350 g/mol. The Kier molecular flexibility index (Phi) is 5.31. The van der Waals surface area contributed by atoms with E-state index in [0.29, 0.717) is 5.75 Å². The fourth-order valence-corrected chi connectivity index (χ4v) is 3.40. The van der Waals surface area contributed by atoms with Crippen LogP contribution >= 0.6 is 0 Å². The van der Waals surface area contributed by atoms with Gasteiger partial charge in [0.05, 0.1) is 19.8 Å². The third kappa shape index (κ3) is 3.73. The molecule has 1 aliphatic heterocycles. The van der Waals surface area contributed by atoms with Crippen LogP contribution in [0.2, 0.25) is 0 Å². The Hall–Kier alpha value is -3.23. The van der Waals surface area contributed by atoms with Gasteiger partial charge in [0, 0.05) is 37.6 Å². The summed E-state index contributed by atoms with van der Waals surface area (Å²) in [4.78, 5) is 7.22. The second-order valence-corrected chi connectivity index (χ2v) is 6.61. The van der Waals surface area contributed by atoms with E-state index in [9.17, 15) is 0 Å². The number of pyridine rings is 1. The van der Waals surface area contributed by atoms with Crippen molar-refractivity contribution in [3.63, 3.8) is 0 Å². The molecule has 1 saturated heterocycles. The van der Waals surface area contributed by atoms with Crippen molar-refractivity contribution >= 4 is 16.6 Å². The number of hydrogen-bond acceptors (Lipinski definition) is 5. The number of aromatic nitrogens is 1. The smallest absolute Gasteiger partial charge is 0.138 e. The van der Waals surface area contributed by atoms with Crippen molar-refractivity contribution < 1.29 is 9.47 Å². The molecule has 0 saturated carbocycles. The number of ether oxygens (including phenoxy) is 2. The minimum absolute atomic E-state index is 0.690. The lowest BCUT2D eigenvalue weighted by molar-refractivity contribution is 0.393. The molecule has 3 aromatic rings. The van der Waals surface area contributed by atoms with E-state index in [1.54, 1.807) is 14.2 Å². The summed E-state index contributed by atoms with van der Waals surface area (Å²) in [5.74, 6) is 8.86. The van der Waals surface area contributed by atoms with Crippen LogP contribution in [0, 0.1) is 11.8 Å². The number of fused-ring (bicyclic) bond motifs is 1. The molecule has 4 rings (SSSR count). The minimum atomic E-state index is 0.690. The summed E-state index contributed by atoms with van der Waals surface area (Å²) in [6.07, 6.45) is 0. The third-order valence-corrected chi connectivity index (χ3v) is 4.87. The summed E-state index contributed by atoms with van der Waals surface area (Å²) >= 11 is 0. The molecule has 0 aliphatic carbocycles. The summed E-state index contributed by atoms with van der Waals surface area (Å²) < 4.78 is 10.7. The van der Waals surface area contributed by atoms with E-state index >= 15 is 0 Å². The normalized spacial score (nSPS) is 13.7. The van der Waals surface area contributed by atoms with E-state index in [1.807, 2.05) is 30.3 Å². The van der Waals surface area contributed by atoms with Gasteiger partial charge < -0.3 is 19.7 Å². The van der Waals surface area contributed by atoms with Crippen molar-refractivity contribution in [2.75, 3.05) is 45.3 Å². The Labute approximate surface area is 165 Å². The van der Waals surface area contributed by atoms with Crippen LogP contribution in [0.25, 0.3) is 10.8 Å². The van der Waals surface area contributed by atoms with Gasteiger partial charge in [-0.2, -0.15) is 0 Å². The summed E-state index contributed by atoms with van der Waals surface area (Å²) in [7, 11) is 3.27. The van der Waals surface area contributed by atoms with Crippen LogP contribution in [-0.4, -0.2) is 45.4 Å². The van der Waals surface area contributed by atoms with Gasteiger partial charge in [-0.1, -0.05) is 30.2 Å². The molecule has 2 heterocycles. The maximum Gasteiger partial charge on any atom is 0.138 e. The van der Waals surface area contributed by atoms with Gasteiger partial charge in [0.15, 0.2) is 0 Å². The topological polar surface area (TPSA) is 46.6 Å². The number of piperazine rings is 1.